The topological polar surface area (TPSA) is 61.2 Å². The number of aryl methyl sites for hydroxylation is 2. The number of aromatic nitrogens is 2. The zero-order valence-corrected chi connectivity index (χ0v) is 14.1. The highest BCUT2D eigenvalue weighted by atomic mass is 35.5. The number of benzene rings is 1. The molecule has 0 bridgehead atoms. The van der Waals surface area contributed by atoms with E-state index in [0.29, 0.717) is 25.7 Å². The third kappa shape index (κ3) is 2.87. The summed E-state index contributed by atoms with van der Waals surface area (Å²) in [4.78, 5) is 29.6. The van der Waals surface area contributed by atoms with E-state index in [1.165, 1.54) is 10.9 Å². The van der Waals surface area contributed by atoms with Crippen LogP contribution in [0.1, 0.15) is 20.8 Å². The highest BCUT2D eigenvalue weighted by molar-refractivity contribution is 7.20. The molecule has 0 saturated heterocycles. The van der Waals surface area contributed by atoms with Gasteiger partial charge in [0.25, 0.3) is 5.56 Å². The van der Waals surface area contributed by atoms with Crippen molar-refractivity contribution in [2.45, 2.75) is 13.5 Å². The first-order valence-electron chi connectivity index (χ1n) is 6.84. The lowest BCUT2D eigenvalue weighted by Crippen LogP contribution is -2.16. The van der Waals surface area contributed by atoms with Gasteiger partial charge in [-0.1, -0.05) is 29.8 Å². The fraction of sp³-hybridized carbons (Fsp3) is 0.188. The summed E-state index contributed by atoms with van der Waals surface area (Å²) in [5, 5.41) is 1.01. The minimum absolute atomic E-state index is 0.0810. The van der Waals surface area contributed by atoms with Crippen LogP contribution < -0.4 is 5.56 Å². The van der Waals surface area contributed by atoms with Crippen molar-refractivity contribution >= 4 is 39.1 Å². The standard InChI is InChI=1S/C16H13ClN2O3S/c1-9-12-14(18-8-19(2)15(12)20)23-13(9)16(21)22-7-10-5-3-4-6-11(10)17/h3-6,8H,7H2,1-2H3. The normalized spacial score (nSPS) is 10.9. The van der Waals surface area contributed by atoms with Crippen molar-refractivity contribution in [2.24, 2.45) is 7.05 Å². The van der Waals surface area contributed by atoms with Crippen LogP contribution in [0.4, 0.5) is 0 Å². The summed E-state index contributed by atoms with van der Waals surface area (Å²) in [5.74, 6) is -0.479. The molecule has 1 aromatic carbocycles. The minimum atomic E-state index is -0.479. The van der Waals surface area contributed by atoms with Gasteiger partial charge in [-0.25, -0.2) is 9.78 Å². The Hall–Kier alpha value is -2.18. The Labute approximate surface area is 141 Å². The van der Waals surface area contributed by atoms with Crippen molar-refractivity contribution in [1.82, 2.24) is 9.55 Å². The van der Waals surface area contributed by atoms with E-state index < -0.39 is 5.97 Å². The molecule has 2 heterocycles. The molecule has 5 nitrogen and oxygen atoms in total. The number of carbonyl (C=O) groups is 1. The number of rotatable bonds is 3. The van der Waals surface area contributed by atoms with Gasteiger partial charge in [0, 0.05) is 17.6 Å². The van der Waals surface area contributed by atoms with Crippen LogP contribution in [0.15, 0.2) is 35.4 Å². The summed E-state index contributed by atoms with van der Waals surface area (Å²) in [6.07, 6.45) is 1.44. The molecule has 118 valence electrons. The third-order valence-electron chi connectivity index (χ3n) is 3.51. The van der Waals surface area contributed by atoms with Gasteiger partial charge in [0.15, 0.2) is 0 Å². The molecule has 0 aliphatic carbocycles. The number of halogens is 1. The highest BCUT2D eigenvalue weighted by Crippen LogP contribution is 2.28. The van der Waals surface area contributed by atoms with Crippen molar-refractivity contribution < 1.29 is 9.53 Å². The van der Waals surface area contributed by atoms with Crippen LogP contribution in [-0.2, 0) is 18.4 Å². The van der Waals surface area contributed by atoms with Gasteiger partial charge >= 0.3 is 5.97 Å². The zero-order chi connectivity index (χ0) is 16.6. The number of hydrogen-bond donors (Lipinski definition) is 0. The van der Waals surface area contributed by atoms with Gasteiger partial charge in [-0.15, -0.1) is 11.3 Å². The molecule has 0 unspecified atom stereocenters. The quantitative estimate of drug-likeness (QED) is 0.681. The average molecular weight is 349 g/mol. The van der Waals surface area contributed by atoms with Crippen molar-refractivity contribution in [3.63, 3.8) is 0 Å². The third-order valence-corrected chi connectivity index (χ3v) is 5.06. The number of fused-ring (bicyclic) bond motifs is 1. The number of ether oxygens (including phenoxy) is 1. The van der Waals surface area contributed by atoms with Crippen LogP contribution in [0.25, 0.3) is 10.2 Å². The monoisotopic (exact) mass is 348 g/mol. The molecule has 0 N–H and O–H groups in total. The molecule has 0 aliphatic heterocycles. The number of nitrogens with zero attached hydrogens (tertiary/aromatic N) is 2. The van der Waals surface area contributed by atoms with Crippen LogP contribution in [0.5, 0.6) is 0 Å². The second kappa shape index (κ2) is 6.14. The molecular formula is C16H13ClN2O3S. The molecule has 0 amide bonds. The summed E-state index contributed by atoms with van der Waals surface area (Å²) in [6.45, 7) is 1.81. The molecule has 7 heteroatoms. The fourth-order valence-electron chi connectivity index (χ4n) is 2.23. The van der Waals surface area contributed by atoms with E-state index in [1.54, 1.807) is 26.1 Å². The molecule has 0 atom stereocenters. The lowest BCUT2D eigenvalue weighted by Gasteiger charge is -2.05. The van der Waals surface area contributed by atoms with Crippen LogP contribution in [-0.4, -0.2) is 15.5 Å². The first kappa shape index (κ1) is 15.7. The predicted molar refractivity (Wildman–Crippen MR) is 90.2 cm³/mol. The minimum Gasteiger partial charge on any atom is -0.457 e. The molecule has 0 aliphatic rings. The number of esters is 1. The Morgan fingerprint density at radius 3 is 2.87 bits per heavy atom. The van der Waals surface area contributed by atoms with E-state index in [2.05, 4.69) is 4.98 Å². The van der Waals surface area contributed by atoms with Crippen molar-refractivity contribution in [3.05, 3.63) is 62.0 Å². The molecule has 0 saturated carbocycles. The Balaban J connectivity index is 1.90. The number of hydrogen-bond acceptors (Lipinski definition) is 5. The van der Waals surface area contributed by atoms with Gasteiger partial charge in [-0.3, -0.25) is 4.79 Å². The maximum absolute atomic E-state index is 12.3. The van der Waals surface area contributed by atoms with E-state index in [9.17, 15) is 9.59 Å². The molecule has 3 rings (SSSR count). The molecular weight excluding hydrogens is 336 g/mol. The number of thiophene rings is 1. The van der Waals surface area contributed by atoms with Gasteiger partial charge in [0.2, 0.25) is 0 Å². The van der Waals surface area contributed by atoms with E-state index in [1.807, 2.05) is 12.1 Å². The molecule has 0 spiro atoms. The lowest BCUT2D eigenvalue weighted by atomic mass is 10.2. The summed E-state index contributed by atoms with van der Waals surface area (Å²) in [6, 6.07) is 7.17. The van der Waals surface area contributed by atoms with E-state index in [-0.39, 0.29) is 12.2 Å². The number of carbonyl (C=O) groups excluding carboxylic acids is 1. The second-order valence-corrected chi connectivity index (χ2v) is 6.47. The van der Waals surface area contributed by atoms with Crippen LogP contribution in [0, 0.1) is 6.92 Å². The molecule has 0 fully saturated rings. The van der Waals surface area contributed by atoms with Gasteiger partial charge in [-0.05, 0) is 18.6 Å². The van der Waals surface area contributed by atoms with Gasteiger partial charge in [0.05, 0.1) is 11.7 Å². The molecule has 3 aromatic rings. The van der Waals surface area contributed by atoms with Crippen LogP contribution in [0.3, 0.4) is 0 Å². The van der Waals surface area contributed by atoms with Crippen LogP contribution >= 0.6 is 22.9 Å². The maximum Gasteiger partial charge on any atom is 0.349 e. The van der Waals surface area contributed by atoms with E-state index in [0.717, 1.165) is 16.9 Å². The second-order valence-electron chi connectivity index (χ2n) is 5.06. The largest absolute Gasteiger partial charge is 0.457 e. The molecule has 2 aromatic heterocycles. The Bertz CT molecular complexity index is 962. The average Bonchev–Trinajstić information content (AvgIpc) is 2.87. The summed E-state index contributed by atoms with van der Waals surface area (Å²) in [5.41, 5.74) is 1.16. The van der Waals surface area contributed by atoms with E-state index >= 15 is 0 Å². The van der Waals surface area contributed by atoms with Crippen molar-refractivity contribution in [3.8, 4) is 0 Å². The van der Waals surface area contributed by atoms with Crippen molar-refractivity contribution in [1.29, 1.82) is 0 Å². The molecule has 0 radical (unpaired) electrons. The van der Waals surface area contributed by atoms with Crippen LogP contribution in [0.2, 0.25) is 5.02 Å². The smallest absolute Gasteiger partial charge is 0.349 e. The SMILES string of the molecule is Cc1c(C(=O)OCc2ccccc2Cl)sc2ncn(C)c(=O)c12. The first-order valence-corrected chi connectivity index (χ1v) is 8.03. The zero-order valence-electron chi connectivity index (χ0n) is 12.5. The fourth-order valence-corrected chi connectivity index (χ4v) is 3.45. The predicted octanol–water partition coefficient (Wildman–Crippen LogP) is 3.31. The maximum atomic E-state index is 12.3. The molecule has 23 heavy (non-hydrogen) atoms. The summed E-state index contributed by atoms with van der Waals surface area (Å²) in [7, 11) is 1.63. The van der Waals surface area contributed by atoms with Gasteiger partial charge in [-0.2, -0.15) is 0 Å². The Morgan fingerprint density at radius 1 is 1.39 bits per heavy atom. The van der Waals surface area contributed by atoms with Crippen molar-refractivity contribution in [2.75, 3.05) is 0 Å². The lowest BCUT2D eigenvalue weighted by molar-refractivity contribution is 0.0478. The Morgan fingerprint density at radius 2 is 2.13 bits per heavy atom. The first-order chi connectivity index (χ1) is 11.0. The van der Waals surface area contributed by atoms with Gasteiger partial charge in [0.1, 0.15) is 16.3 Å². The van der Waals surface area contributed by atoms with E-state index in [4.69, 9.17) is 16.3 Å². The van der Waals surface area contributed by atoms with Gasteiger partial charge < -0.3 is 9.30 Å². The Kier molecular flexibility index (Phi) is 4.19. The summed E-state index contributed by atoms with van der Waals surface area (Å²) >= 11 is 7.21. The summed E-state index contributed by atoms with van der Waals surface area (Å²) < 4.78 is 6.72. The highest BCUT2D eigenvalue weighted by Gasteiger charge is 2.20.